The summed E-state index contributed by atoms with van der Waals surface area (Å²) >= 11 is 0. The number of primary amides is 1. The predicted octanol–water partition coefficient (Wildman–Crippen LogP) is 0.520. The molecule has 3 fully saturated rings. The monoisotopic (exact) mass is 309 g/mol. The van der Waals surface area contributed by atoms with Crippen LogP contribution in [0.3, 0.4) is 0 Å². The van der Waals surface area contributed by atoms with Crippen LogP contribution >= 0.6 is 0 Å². The molecule has 7 nitrogen and oxygen atoms in total. The van der Waals surface area contributed by atoms with Crippen LogP contribution in [0.25, 0.3) is 0 Å². The fourth-order valence-electron chi connectivity index (χ4n) is 3.64. The molecule has 22 heavy (non-hydrogen) atoms. The van der Waals surface area contributed by atoms with Crippen molar-refractivity contribution >= 4 is 17.9 Å². The van der Waals surface area contributed by atoms with Crippen LogP contribution in [0.4, 0.5) is 4.79 Å². The van der Waals surface area contributed by atoms with Gasteiger partial charge < -0.3 is 15.8 Å². The second kappa shape index (κ2) is 4.36. The number of carbonyl (C=O) groups is 3. The van der Waals surface area contributed by atoms with Crippen molar-refractivity contribution in [1.82, 2.24) is 10.2 Å². The molecule has 0 aromatic heterocycles. The smallest absolute Gasteiger partial charge is 0.411 e. The largest absolute Gasteiger partial charge is 0.444 e. The Bertz CT molecular complexity index is 549. The zero-order valence-corrected chi connectivity index (χ0v) is 13.3. The minimum Gasteiger partial charge on any atom is -0.444 e. The van der Waals surface area contributed by atoms with Crippen molar-refractivity contribution in [1.29, 1.82) is 0 Å². The van der Waals surface area contributed by atoms with Crippen molar-refractivity contribution in [3.8, 4) is 0 Å². The summed E-state index contributed by atoms with van der Waals surface area (Å²) in [7, 11) is 0. The summed E-state index contributed by atoms with van der Waals surface area (Å²) in [5, 5.41) is 3.03. The lowest BCUT2D eigenvalue weighted by atomic mass is 9.81. The van der Waals surface area contributed by atoms with Crippen LogP contribution in [0.2, 0.25) is 0 Å². The van der Waals surface area contributed by atoms with Gasteiger partial charge in [-0.15, -0.1) is 0 Å². The number of amides is 3. The van der Waals surface area contributed by atoms with Crippen LogP contribution in [0, 0.1) is 5.41 Å². The number of hydrogen-bond acceptors (Lipinski definition) is 4. The minimum absolute atomic E-state index is 0.0673. The van der Waals surface area contributed by atoms with Crippen LogP contribution < -0.4 is 11.1 Å². The number of likely N-dealkylation sites (tertiary alicyclic amines) is 1. The molecule has 0 aromatic carbocycles. The fraction of sp³-hybridized carbons (Fsp3) is 0.800. The molecule has 3 amide bonds. The van der Waals surface area contributed by atoms with Gasteiger partial charge in [0.25, 0.3) is 0 Å². The number of nitrogens with zero attached hydrogens (tertiary/aromatic N) is 1. The van der Waals surface area contributed by atoms with Gasteiger partial charge in [0.2, 0.25) is 11.8 Å². The highest BCUT2D eigenvalue weighted by Gasteiger charge is 2.64. The van der Waals surface area contributed by atoms with Crippen molar-refractivity contribution in [3.63, 3.8) is 0 Å². The van der Waals surface area contributed by atoms with Crippen molar-refractivity contribution in [2.75, 3.05) is 6.54 Å². The van der Waals surface area contributed by atoms with E-state index < -0.39 is 29.1 Å². The first kappa shape index (κ1) is 15.1. The molecule has 0 unspecified atom stereocenters. The molecular formula is C15H23N3O4. The standard InChI is InChI=1S/C15H23N3O4/c1-13(2,3)22-12(21)18-8-14(6-9(18)10(16)19)7-15(4-5-15)17-11(14)20/h9H,4-8H2,1-3H3,(H2,16,19)(H,17,20)/t9-,14+/m0/s1. The van der Waals surface area contributed by atoms with Gasteiger partial charge in [0.05, 0.1) is 5.41 Å². The van der Waals surface area contributed by atoms with Crippen LogP contribution in [-0.4, -0.2) is 46.5 Å². The van der Waals surface area contributed by atoms with Crippen LogP contribution in [0.5, 0.6) is 0 Å². The number of rotatable bonds is 1. The first-order valence-corrected chi connectivity index (χ1v) is 7.68. The summed E-state index contributed by atoms with van der Waals surface area (Å²) in [6.45, 7) is 5.48. The molecule has 7 heteroatoms. The lowest BCUT2D eigenvalue weighted by Gasteiger charge is -2.27. The molecule has 0 aromatic rings. The van der Waals surface area contributed by atoms with E-state index in [1.54, 1.807) is 20.8 Å². The SMILES string of the molecule is CC(C)(C)OC(=O)N1C[C@@]2(C[C@H]1C(N)=O)CC1(CC1)NC2=O. The van der Waals surface area contributed by atoms with Gasteiger partial charge in [0, 0.05) is 12.1 Å². The maximum Gasteiger partial charge on any atom is 0.411 e. The Labute approximate surface area is 129 Å². The molecule has 3 aliphatic rings. The summed E-state index contributed by atoms with van der Waals surface area (Å²) in [4.78, 5) is 37.9. The third-order valence-corrected chi connectivity index (χ3v) is 4.78. The normalized spacial score (nSPS) is 32.4. The van der Waals surface area contributed by atoms with Gasteiger partial charge in [-0.05, 0) is 46.5 Å². The van der Waals surface area contributed by atoms with E-state index in [1.807, 2.05) is 0 Å². The van der Waals surface area contributed by atoms with E-state index >= 15 is 0 Å². The molecule has 3 N–H and O–H groups in total. The summed E-state index contributed by atoms with van der Waals surface area (Å²) in [6, 6.07) is -0.783. The topological polar surface area (TPSA) is 102 Å². The molecule has 2 saturated heterocycles. The molecule has 1 aliphatic carbocycles. The predicted molar refractivity (Wildman–Crippen MR) is 77.7 cm³/mol. The molecule has 3 rings (SSSR count). The van der Waals surface area contributed by atoms with E-state index in [0.717, 1.165) is 12.8 Å². The van der Waals surface area contributed by atoms with E-state index in [1.165, 1.54) is 4.90 Å². The van der Waals surface area contributed by atoms with Gasteiger partial charge in [-0.3, -0.25) is 14.5 Å². The molecule has 2 heterocycles. The van der Waals surface area contributed by atoms with Gasteiger partial charge in [-0.25, -0.2) is 4.79 Å². The van der Waals surface area contributed by atoms with E-state index in [0.29, 0.717) is 6.42 Å². The van der Waals surface area contributed by atoms with E-state index in [4.69, 9.17) is 10.5 Å². The maximum atomic E-state index is 12.4. The first-order chi connectivity index (χ1) is 10.1. The summed E-state index contributed by atoms with van der Waals surface area (Å²) in [5.74, 6) is -0.658. The van der Waals surface area contributed by atoms with Crippen molar-refractivity contribution in [3.05, 3.63) is 0 Å². The van der Waals surface area contributed by atoms with Gasteiger partial charge >= 0.3 is 6.09 Å². The van der Waals surface area contributed by atoms with Gasteiger partial charge in [0.15, 0.2) is 0 Å². The Kier molecular flexibility index (Phi) is 3.00. The number of hydrogen-bond donors (Lipinski definition) is 2. The Morgan fingerprint density at radius 2 is 2.00 bits per heavy atom. The average molecular weight is 309 g/mol. The van der Waals surface area contributed by atoms with Crippen molar-refractivity contribution < 1.29 is 19.1 Å². The molecule has 0 bridgehead atoms. The molecule has 122 valence electrons. The van der Waals surface area contributed by atoms with Gasteiger partial charge in [0.1, 0.15) is 11.6 Å². The number of nitrogens with one attached hydrogen (secondary N) is 1. The lowest BCUT2D eigenvalue weighted by Crippen LogP contribution is -2.46. The summed E-state index contributed by atoms with van der Waals surface area (Å²) in [6.07, 6.45) is 2.30. The maximum absolute atomic E-state index is 12.4. The lowest BCUT2D eigenvalue weighted by molar-refractivity contribution is -0.127. The molecule has 2 atom stereocenters. The third-order valence-electron chi connectivity index (χ3n) is 4.78. The Hall–Kier alpha value is -1.79. The molecule has 2 aliphatic heterocycles. The van der Waals surface area contributed by atoms with E-state index in [2.05, 4.69) is 5.32 Å². The van der Waals surface area contributed by atoms with Crippen LogP contribution in [0.1, 0.15) is 46.5 Å². The summed E-state index contributed by atoms with van der Waals surface area (Å²) < 4.78 is 5.36. The number of carbonyl (C=O) groups excluding carboxylic acids is 3. The molecule has 0 radical (unpaired) electrons. The van der Waals surface area contributed by atoms with E-state index in [9.17, 15) is 14.4 Å². The van der Waals surface area contributed by atoms with Gasteiger partial charge in [-0.1, -0.05) is 0 Å². The Morgan fingerprint density at radius 1 is 1.36 bits per heavy atom. The minimum atomic E-state index is -0.783. The van der Waals surface area contributed by atoms with Gasteiger partial charge in [-0.2, -0.15) is 0 Å². The second-order valence-electron chi connectivity index (χ2n) is 7.92. The van der Waals surface area contributed by atoms with Crippen LogP contribution in [0.15, 0.2) is 0 Å². The number of ether oxygens (including phenoxy) is 1. The van der Waals surface area contributed by atoms with E-state index in [-0.39, 0.29) is 24.4 Å². The highest BCUT2D eigenvalue weighted by atomic mass is 16.6. The second-order valence-corrected chi connectivity index (χ2v) is 7.92. The third kappa shape index (κ3) is 2.42. The summed E-state index contributed by atoms with van der Waals surface area (Å²) in [5.41, 5.74) is 3.98. The highest BCUT2D eigenvalue weighted by molar-refractivity contribution is 5.92. The highest BCUT2D eigenvalue weighted by Crippen LogP contribution is 2.54. The zero-order valence-electron chi connectivity index (χ0n) is 13.3. The Morgan fingerprint density at radius 3 is 2.45 bits per heavy atom. The van der Waals surface area contributed by atoms with Crippen LogP contribution in [-0.2, 0) is 14.3 Å². The first-order valence-electron chi connectivity index (χ1n) is 7.68. The van der Waals surface area contributed by atoms with Crippen molar-refractivity contribution in [2.24, 2.45) is 11.1 Å². The van der Waals surface area contributed by atoms with Crippen molar-refractivity contribution in [2.45, 2.75) is 63.6 Å². The molecular weight excluding hydrogens is 286 g/mol. The Balaban J connectivity index is 1.83. The zero-order chi connectivity index (χ0) is 16.3. The fourth-order valence-corrected chi connectivity index (χ4v) is 3.64. The number of nitrogens with two attached hydrogens (primary N) is 1. The molecule has 2 spiro atoms. The quantitative estimate of drug-likeness (QED) is 0.737. The molecule has 1 saturated carbocycles. The average Bonchev–Trinajstić information content (AvgIpc) is 2.88.